The monoisotopic (exact) mass is 474 g/mol. The summed E-state index contributed by atoms with van der Waals surface area (Å²) in [5.41, 5.74) is -1.06. The zero-order valence-corrected chi connectivity index (χ0v) is 20.2. The van der Waals surface area contributed by atoms with Crippen molar-refractivity contribution in [3.05, 3.63) is 17.7 Å². The smallest absolute Gasteiger partial charge is 0.324 e. The number of carboxylic acids is 1. The first-order valence-corrected chi connectivity index (χ1v) is 12.0. The molecule has 3 fully saturated rings. The number of ether oxygens (including phenoxy) is 2. The molecular formula is C25H34N2O7. The number of benzene rings is 1. The summed E-state index contributed by atoms with van der Waals surface area (Å²) in [6.07, 6.45) is 4.66. The molecule has 2 saturated heterocycles. The first-order chi connectivity index (χ1) is 16.2. The predicted octanol–water partition coefficient (Wildman–Crippen LogP) is 2.86. The number of methoxy groups -OCH3 is 2. The van der Waals surface area contributed by atoms with Crippen LogP contribution in [0.5, 0.6) is 17.2 Å². The molecule has 186 valence electrons. The van der Waals surface area contributed by atoms with Crippen LogP contribution in [0.4, 0.5) is 0 Å². The normalized spacial score (nSPS) is 29.6. The second-order valence-corrected chi connectivity index (χ2v) is 10.1. The third kappa shape index (κ3) is 3.70. The molecule has 1 aliphatic carbocycles. The van der Waals surface area contributed by atoms with E-state index in [4.69, 9.17) is 9.47 Å². The molecule has 0 aromatic heterocycles. The molecule has 4 unspecified atom stereocenters. The van der Waals surface area contributed by atoms with E-state index in [2.05, 4.69) is 5.32 Å². The van der Waals surface area contributed by atoms with E-state index < -0.39 is 35.3 Å². The predicted molar refractivity (Wildman–Crippen MR) is 123 cm³/mol. The molecule has 4 rings (SSSR count). The highest BCUT2D eigenvalue weighted by Crippen LogP contribution is 2.53. The van der Waals surface area contributed by atoms with E-state index in [0.29, 0.717) is 5.56 Å². The van der Waals surface area contributed by atoms with Crippen LogP contribution < -0.4 is 14.8 Å². The Morgan fingerprint density at radius 3 is 2.21 bits per heavy atom. The Labute approximate surface area is 199 Å². The summed E-state index contributed by atoms with van der Waals surface area (Å²) in [6.45, 7) is 3.81. The quantitative estimate of drug-likeness (QED) is 0.515. The first-order valence-electron chi connectivity index (χ1n) is 12.0. The Balaban J connectivity index is 1.85. The fraction of sp³-hybridized carbons (Fsp3) is 0.640. The van der Waals surface area contributed by atoms with Gasteiger partial charge in [-0.25, -0.2) is 0 Å². The van der Waals surface area contributed by atoms with Gasteiger partial charge in [0, 0.05) is 12.1 Å². The number of hydrogen-bond acceptors (Lipinski definition) is 7. The summed E-state index contributed by atoms with van der Waals surface area (Å²) in [7, 11) is 2.80. The average Bonchev–Trinajstić information content (AvgIpc) is 3.28. The van der Waals surface area contributed by atoms with E-state index in [1.165, 1.54) is 19.1 Å². The van der Waals surface area contributed by atoms with Crippen LogP contribution in [0.3, 0.4) is 0 Å². The Morgan fingerprint density at radius 2 is 1.71 bits per heavy atom. The second-order valence-electron chi connectivity index (χ2n) is 10.1. The standard InChI is InChI=1S/C25H34N2O7/c1-13(2)12-25(24(31)32)19-18(22(29)27(23(19)30)15-8-6-5-7-9-15)20(26-25)14-10-16(33-3)21(28)17(11-14)34-4/h10-11,13,15,18-20,26,28H,5-9,12H2,1-4H3,(H,31,32). The lowest BCUT2D eigenvalue weighted by Crippen LogP contribution is -2.57. The van der Waals surface area contributed by atoms with Crippen molar-refractivity contribution in [2.75, 3.05) is 14.2 Å². The summed E-state index contributed by atoms with van der Waals surface area (Å²) >= 11 is 0. The molecule has 3 N–H and O–H groups in total. The van der Waals surface area contributed by atoms with Crippen molar-refractivity contribution in [3.63, 3.8) is 0 Å². The van der Waals surface area contributed by atoms with Gasteiger partial charge in [0.1, 0.15) is 5.54 Å². The molecule has 2 heterocycles. The zero-order chi connectivity index (χ0) is 24.8. The van der Waals surface area contributed by atoms with Crippen molar-refractivity contribution in [2.45, 2.75) is 70.0 Å². The molecule has 0 radical (unpaired) electrons. The topological polar surface area (TPSA) is 125 Å². The van der Waals surface area contributed by atoms with Gasteiger partial charge in [-0.3, -0.25) is 24.6 Å². The lowest BCUT2D eigenvalue weighted by atomic mass is 9.75. The molecular weight excluding hydrogens is 440 g/mol. The summed E-state index contributed by atoms with van der Waals surface area (Å²) < 4.78 is 10.6. The highest BCUT2D eigenvalue weighted by atomic mass is 16.5. The maximum Gasteiger partial charge on any atom is 0.324 e. The number of hydrogen-bond donors (Lipinski definition) is 3. The number of nitrogens with one attached hydrogen (secondary N) is 1. The average molecular weight is 475 g/mol. The molecule has 1 aromatic carbocycles. The first kappa shape index (κ1) is 24.3. The van der Waals surface area contributed by atoms with Gasteiger partial charge in [0.15, 0.2) is 11.5 Å². The Bertz CT molecular complexity index is 962. The molecule has 9 heteroatoms. The van der Waals surface area contributed by atoms with Crippen LogP contribution in [-0.2, 0) is 14.4 Å². The molecule has 0 spiro atoms. The zero-order valence-electron chi connectivity index (χ0n) is 20.2. The molecule has 0 bridgehead atoms. The van der Waals surface area contributed by atoms with Gasteiger partial charge in [0.25, 0.3) is 0 Å². The summed E-state index contributed by atoms with van der Waals surface area (Å²) in [6, 6.07) is 2.20. The van der Waals surface area contributed by atoms with Crippen LogP contribution in [-0.4, -0.2) is 58.7 Å². The molecule has 34 heavy (non-hydrogen) atoms. The van der Waals surface area contributed by atoms with E-state index in [0.717, 1.165) is 32.1 Å². The van der Waals surface area contributed by atoms with Gasteiger partial charge in [-0.15, -0.1) is 0 Å². The number of carboxylic acid groups (broad SMARTS) is 1. The van der Waals surface area contributed by atoms with Crippen LogP contribution in [0.25, 0.3) is 0 Å². The van der Waals surface area contributed by atoms with Gasteiger partial charge in [-0.1, -0.05) is 33.1 Å². The van der Waals surface area contributed by atoms with Crippen molar-refractivity contribution < 1.29 is 34.1 Å². The largest absolute Gasteiger partial charge is 0.502 e. The lowest BCUT2D eigenvalue weighted by Gasteiger charge is -2.35. The van der Waals surface area contributed by atoms with Gasteiger partial charge in [-0.2, -0.15) is 0 Å². The maximum absolute atomic E-state index is 13.8. The third-order valence-corrected chi connectivity index (χ3v) is 7.60. The number of aromatic hydroxyl groups is 1. The van der Waals surface area contributed by atoms with Crippen LogP contribution in [0, 0.1) is 17.8 Å². The number of nitrogens with zero attached hydrogens (tertiary/aromatic N) is 1. The molecule has 1 aromatic rings. The van der Waals surface area contributed by atoms with E-state index >= 15 is 0 Å². The van der Waals surface area contributed by atoms with Gasteiger partial charge in [0.05, 0.1) is 26.1 Å². The van der Waals surface area contributed by atoms with Crippen molar-refractivity contribution in [2.24, 2.45) is 17.8 Å². The van der Waals surface area contributed by atoms with Crippen molar-refractivity contribution in [1.29, 1.82) is 0 Å². The van der Waals surface area contributed by atoms with E-state index in [1.54, 1.807) is 12.1 Å². The molecule has 2 aliphatic heterocycles. The Kier molecular flexibility index (Phi) is 6.50. The summed E-state index contributed by atoms with van der Waals surface area (Å²) in [5.74, 6) is -3.67. The Hall–Kier alpha value is -2.81. The minimum atomic E-state index is -1.59. The lowest BCUT2D eigenvalue weighted by molar-refractivity contribution is -0.153. The van der Waals surface area contributed by atoms with E-state index in [-0.39, 0.29) is 41.5 Å². The van der Waals surface area contributed by atoms with E-state index in [1.807, 2.05) is 13.8 Å². The van der Waals surface area contributed by atoms with Crippen LogP contribution in [0.2, 0.25) is 0 Å². The van der Waals surface area contributed by atoms with Crippen molar-refractivity contribution in [3.8, 4) is 17.2 Å². The highest BCUT2D eigenvalue weighted by molar-refractivity contribution is 6.09. The van der Waals surface area contributed by atoms with Crippen molar-refractivity contribution in [1.82, 2.24) is 10.2 Å². The number of phenols is 1. The fourth-order valence-electron chi connectivity index (χ4n) is 6.22. The molecule has 4 atom stereocenters. The summed E-state index contributed by atoms with van der Waals surface area (Å²) in [5, 5.41) is 24.0. The third-order valence-electron chi connectivity index (χ3n) is 7.60. The number of aliphatic carboxylic acids is 1. The minimum absolute atomic E-state index is 0.0291. The van der Waals surface area contributed by atoms with Gasteiger partial charge >= 0.3 is 5.97 Å². The number of likely N-dealkylation sites (tertiary alicyclic amines) is 1. The number of carbonyl (C=O) groups excluding carboxylic acids is 2. The highest BCUT2D eigenvalue weighted by Gasteiger charge is 2.69. The summed E-state index contributed by atoms with van der Waals surface area (Å²) in [4.78, 5) is 41.8. The number of fused-ring (bicyclic) bond motifs is 1. The Morgan fingerprint density at radius 1 is 1.12 bits per heavy atom. The maximum atomic E-state index is 13.8. The second kappa shape index (κ2) is 9.09. The number of amides is 2. The van der Waals surface area contributed by atoms with Crippen LogP contribution >= 0.6 is 0 Å². The van der Waals surface area contributed by atoms with Gasteiger partial charge in [-0.05, 0) is 42.9 Å². The van der Waals surface area contributed by atoms with Gasteiger partial charge < -0.3 is 19.7 Å². The number of rotatable bonds is 7. The minimum Gasteiger partial charge on any atom is -0.502 e. The van der Waals surface area contributed by atoms with Crippen LogP contribution in [0.15, 0.2) is 12.1 Å². The molecule has 9 nitrogen and oxygen atoms in total. The molecule has 2 amide bonds. The number of imide groups is 1. The van der Waals surface area contributed by atoms with Crippen LogP contribution in [0.1, 0.15) is 64.0 Å². The molecule has 1 saturated carbocycles. The van der Waals surface area contributed by atoms with Crippen molar-refractivity contribution >= 4 is 17.8 Å². The van der Waals surface area contributed by atoms with Gasteiger partial charge in [0.2, 0.25) is 17.6 Å². The number of carbonyl (C=O) groups is 3. The number of phenolic OH excluding ortho intramolecular Hbond substituents is 1. The fourth-order valence-corrected chi connectivity index (χ4v) is 6.22. The SMILES string of the molecule is COc1cc(C2NC(CC(C)C)(C(=O)O)C3C(=O)N(C4CCCCC4)C(=O)C23)cc(OC)c1O. The van der Waals surface area contributed by atoms with E-state index in [9.17, 15) is 24.6 Å². The molecule has 3 aliphatic rings.